The van der Waals surface area contributed by atoms with Crippen LogP contribution in [0.2, 0.25) is 0 Å². The van der Waals surface area contributed by atoms with Gasteiger partial charge in [0.05, 0.1) is 5.41 Å². The van der Waals surface area contributed by atoms with Gasteiger partial charge in [0.1, 0.15) is 5.75 Å². The van der Waals surface area contributed by atoms with Crippen molar-refractivity contribution in [2.45, 2.75) is 85.5 Å². The number of aryl methyl sites for hydroxylation is 1. The van der Waals surface area contributed by atoms with Gasteiger partial charge in [0.2, 0.25) is 6.29 Å². The summed E-state index contributed by atoms with van der Waals surface area (Å²) >= 11 is 0. The topological polar surface area (TPSA) is 44.5 Å². The SMILES string of the molecule is CCOC(Oc1ccccc1C)C(CC(C)C)(CC(C)C)c1ccc(C(C)(C)N)cc1. The lowest BCUT2D eigenvalue weighted by molar-refractivity contribution is -0.136. The van der Waals surface area contributed by atoms with Crippen molar-refractivity contribution in [3.63, 3.8) is 0 Å². The Bertz CT molecular complexity index is 793. The second-order valence-electron chi connectivity index (χ2n) is 10.3. The Labute approximate surface area is 190 Å². The molecule has 0 radical (unpaired) electrons. The summed E-state index contributed by atoms with van der Waals surface area (Å²) in [5, 5.41) is 0. The van der Waals surface area contributed by atoms with Gasteiger partial charge in [-0.1, -0.05) is 70.2 Å². The van der Waals surface area contributed by atoms with Crippen LogP contribution in [-0.4, -0.2) is 12.9 Å². The lowest BCUT2D eigenvalue weighted by atomic mass is 9.68. The molecule has 1 atom stereocenters. The smallest absolute Gasteiger partial charge is 0.209 e. The van der Waals surface area contributed by atoms with Crippen LogP contribution in [0, 0.1) is 18.8 Å². The molecule has 2 N–H and O–H groups in total. The fourth-order valence-electron chi connectivity index (χ4n) is 4.60. The number of para-hydroxylation sites is 1. The van der Waals surface area contributed by atoms with E-state index in [1.54, 1.807) is 0 Å². The Balaban J connectivity index is 2.62. The summed E-state index contributed by atoms with van der Waals surface area (Å²) in [6.07, 6.45) is 1.58. The van der Waals surface area contributed by atoms with E-state index >= 15 is 0 Å². The molecule has 0 aliphatic heterocycles. The van der Waals surface area contributed by atoms with Gasteiger partial charge in [0.15, 0.2) is 0 Å². The molecule has 0 saturated heterocycles. The molecule has 3 heteroatoms. The molecular weight excluding hydrogens is 382 g/mol. The molecule has 0 fully saturated rings. The molecule has 1 unspecified atom stereocenters. The van der Waals surface area contributed by atoms with Crippen molar-refractivity contribution >= 4 is 0 Å². The molecule has 0 bridgehead atoms. The van der Waals surface area contributed by atoms with Gasteiger partial charge in [-0.25, -0.2) is 0 Å². The molecule has 0 heterocycles. The predicted molar refractivity (Wildman–Crippen MR) is 131 cm³/mol. The van der Waals surface area contributed by atoms with Crippen LogP contribution in [-0.2, 0) is 15.7 Å². The van der Waals surface area contributed by atoms with E-state index in [0.717, 1.165) is 29.7 Å². The molecule has 2 rings (SSSR count). The number of nitrogens with two attached hydrogens (primary N) is 1. The largest absolute Gasteiger partial charge is 0.464 e. The fourth-order valence-corrected chi connectivity index (χ4v) is 4.60. The maximum Gasteiger partial charge on any atom is 0.209 e. The summed E-state index contributed by atoms with van der Waals surface area (Å²) in [5.41, 5.74) is 9.23. The average molecular weight is 426 g/mol. The molecule has 0 aromatic heterocycles. The van der Waals surface area contributed by atoms with Gasteiger partial charge in [-0.3, -0.25) is 0 Å². The first-order chi connectivity index (χ1) is 14.5. The van der Waals surface area contributed by atoms with Crippen molar-refractivity contribution in [3.8, 4) is 5.75 Å². The predicted octanol–water partition coefficient (Wildman–Crippen LogP) is 6.96. The number of rotatable bonds is 11. The van der Waals surface area contributed by atoms with Crippen molar-refractivity contribution in [1.29, 1.82) is 0 Å². The molecule has 172 valence electrons. The van der Waals surface area contributed by atoms with Crippen LogP contribution in [0.3, 0.4) is 0 Å². The van der Waals surface area contributed by atoms with Crippen molar-refractivity contribution in [2.75, 3.05) is 6.61 Å². The monoisotopic (exact) mass is 425 g/mol. The Morgan fingerprint density at radius 2 is 1.35 bits per heavy atom. The van der Waals surface area contributed by atoms with E-state index in [0.29, 0.717) is 18.4 Å². The standard InChI is InChI=1S/C28H43NO2/c1-9-30-26(31-25-13-11-10-12-22(25)6)28(18-20(2)3,19-21(4)5)24-16-14-23(15-17-24)27(7,8)29/h10-17,20-21,26H,9,18-19,29H2,1-8H3. The summed E-state index contributed by atoms with van der Waals surface area (Å²) in [5.74, 6) is 1.87. The van der Waals surface area contributed by atoms with E-state index < -0.39 is 0 Å². The third-order valence-corrected chi connectivity index (χ3v) is 5.85. The Kier molecular flexibility index (Phi) is 8.73. The van der Waals surface area contributed by atoms with Crippen molar-refractivity contribution < 1.29 is 9.47 Å². The minimum absolute atomic E-state index is 0.266. The summed E-state index contributed by atoms with van der Waals surface area (Å²) in [7, 11) is 0. The summed E-state index contributed by atoms with van der Waals surface area (Å²) in [6, 6.07) is 17.0. The Morgan fingerprint density at radius 3 is 1.81 bits per heavy atom. The van der Waals surface area contributed by atoms with Crippen LogP contribution >= 0.6 is 0 Å². The van der Waals surface area contributed by atoms with E-state index in [1.807, 2.05) is 39.0 Å². The molecule has 0 aliphatic rings. The summed E-state index contributed by atoms with van der Waals surface area (Å²) in [6.45, 7) is 17.9. The third-order valence-electron chi connectivity index (χ3n) is 5.85. The Morgan fingerprint density at radius 1 is 0.839 bits per heavy atom. The minimum Gasteiger partial charge on any atom is -0.464 e. The van der Waals surface area contributed by atoms with Crippen LogP contribution < -0.4 is 10.5 Å². The average Bonchev–Trinajstić information content (AvgIpc) is 2.67. The second kappa shape index (κ2) is 10.7. The van der Waals surface area contributed by atoms with Gasteiger partial charge in [-0.15, -0.1) is 0 Å². The van der Waals surface area contributed by atoms with Crippen LogP contribution in [0.15, 0.2) is 48.5 Å². The first kappa shape index (κ1) is 25.4. The van der Waals surface area contributed by atoms with Crippen molar-refractivity contribution in [3.05, 3.63) is 65.2 Å². The van der Waals surface area contributed by atoms with Gasteiger partial charge in [0, 0.05) is 12.1 Å². The van der Waals surface area contributed by atoms with Gasteiger partial charge in [-0.05, 0) is 75.1 Å². The van der Waals surface area contributed by atoms with E-state index in [1.165, 1.54) is 5.56 Å². The van der Waals surface area contributed by atoms with Gasteiger partial charge in [0.25, 0.3) is 0 Å². The lowest BCUT2D eigenvalue weighted by Gasteiger charge is -2.43. The molecule has 2 aromatic rings. The highest BCUT2D eigenvalue weighted by Gasteiger charge is 2.44. The lowest BCUT2D eigenvalue weighted by Crippen LogP contribution is -2.47. The quantitative estimate of drug-likeness (QED) is 0.396. The van der Waals surface area contributed by atoms with Crippen LogP contribution in [0.1, 0.15) is 78.0 Å². The molecule has 0 aliphatic carbocycles. The zero-order valence-electron chi connectivity index (χ0n) is 20.9. The van der Waals surface area contributed by atoms with E-state index in [9.17, 15) is 0 Å². The molecular formula is C28H43NO2. The zero-order chi connectivity index (χ0) is 23.2. The van der Waals surface area contributed by atoms with Crippen LogP contribution in [0.5, 0.6) is 5.75 Å². The van der Waals surface area contributed by atoms with Gasteiger partial charge in [-0.2, -0.15) is 0 Å². The number of ether oxygens (including phenoxy) is 2. The fraction of sp³-hybridized carbons (Fsp3) is 0.571. The second-order valence-corrected chi connectivity index (χ2v) is 10.3. The first-order valence-electron chi connectivity index (χ1n) is 11.7. The molecule has 2 aromatic carbocycles. The highest BCUT2D eigenvalue weighted by atomic mass is 16.7. The van der Waals surface area contributed by atoms with Gasteiger partial charge >= 0.3 is 0 Å². The molecule has 31 heavy (non-hydrogen) atoms. The zero-order valence-corrected chi connectivity index (χ0v) is 20.9. The van der Waals surface area contributed by atoms with Crippen molar-refractivity contribution in [2.24, 2.45) is 17.6 Å². The van der Waals surface area contributed by atoms with E-state index in [4.69, 9.17) is 15.2 Å². The highest BCUT2D eigenvalue weighted by Crippen LogP contribution is 2.43. The molecule has 0 amide bonds. The molecule has 3 nitrogen and oxygen atoms in total. The van der Waals surface area contributed by atoms with E-state index in [2.05, 4.69) is 65.0 Å². The minimum atomic E-state index is -0.375. The summed E-state index contributed by atoms with van der Waals surface area (Å²) in [4.78, 5) is 0. The Hall–Kier alpha value is -1.84. The maximum atomic E-state index is 6.66. The number of hydrogen-bond donors (Lipinski definition) is 1. The first-order valence-corrected chi connectivity index (χ1v) is 11.7. The number of hydrogen-bond acceptors (Lipinski definition) is 3. The number of benzene rings is 2. The molecule has 0 spiro atoms. The molecule has 0 saturated carbocycles. The third kappa shape index (κ3) is 6.57. The van der Waals surface area contributed by atoms with Crippen molar-refractivity contribution in [1.82, 2.24) is 0 Å². The summed E-state index contributed by atoms with van der Waals surface area (Å²) < 4.78 is 13.0. The van der Waals surface area contributed by atoms with E-state index in [-0.39, 0.29) is 17.2 Å². The van der Waals surface area contributed by atoms with Crippen LogP contribution in [0.4, 0.5) is 0 Å². The highest BCUT2D eigenvalue weighted by molar-refractivity contribution is 5.35. The normalized spacial score (nSPS) is 13.6. The maximum absolute atomic E-state index is 6.66. The van der Waals surface area contributed by atoms with Gasteiger partial charge < -0.3 is 15.2 Å². The van der Waals surface area contributed by atoms with Crippen LogP contribution in [0.25, 0.3) is 0 Å².